The molecule has 0 amide bonds. The summed E-state index contributed by atoms with van der Waals surface area (Å²) < 4.78 is 1.06. The van der Waals surface area contributed by atoms with Crippen LogP contribution in [0.15, 0.2) is 83.3 Å². The highest BCUT2D eigenvalue weighted by Gasteiger charge is 2.05. The minimum Gasteiger partial charge on any atom is -0.354 e. The van der Waals surface area contributed by atoms with Crippen molar-refractivity contribution in [3.63, 3.8) is 0 Å². The van der Waals surface area contributed by atoms with E-state index in [9.17, 15) is 0 Å². The second-order valence-electron chi connectivity index (χ2n) is 4.52. The third-order valence-corrected chi connectivity index (χ3v) is 3.85. The third-order valence-electron chi connectivity index (χ3n) is 3.16. The van der Waals surface area contributed by atoms with Crippen LogP contribution in [0.4, 0.5) is 11.4 Å². The smallest absolute Gasteiger partial charge is 0.0528 e. The van der Waals surface area contributed by atoms with Gasteiger partial charge in [0.2, 0.25) is 0 Å². The zero-order valence-electron chi connectivity index (χ0n) is 10.9. The molecule has 0 fully saturated rings. The van der Waals surface area contributed by atoms with E-state index in [1.54, 1.807) is 0 Å². The van der Waals surface area contributed by atoms with Gasteiger partial charge in [-0.3, -0.25) is 0 Å². The molecule has 3 rings (SSSR count). The van der Waals surface area contributed by atoms with Crippen molar-refractivity contribution in [3.05, 3.63) is 83.3 Å². The second-order valence-corrected chi connectivity index (χ2v) is 5.37. The Labute approximate surface area is 127 Å². The van der Waals surface area contributed by atoms with Crippen molar-refractivity contribution in [2.24, 2.45) is 0 Å². The zero-order chi connectivity index (χ0) is 13.8. The fourth-order valence-electron chi connectivity index (χ4n) is 2.17. The molecule has 0 aliphatic carbocycles. The van der Waals surface area contributed by atoms with Gasteiger partial charge in [0.15, 0.2) is 0 Å². The second kappa shape index (κ2) is 5.93. The predicted octanol–water partition coefficient (Wildman–Crippen LogP) is 5.86. The molecule has 0 aliphatic rings. The minimum absolute atomic E-state index is 1.06. The molecule has 0 radical (unpaired) electrons. The maximum absolute atomic E-state index is 3.57. The van der Waals surface area contributed by atoms with Crippen molar-refractivity contribution in [1.29, 1.82) is 0 Å². The molecule has 0 unspecified atom stereocenters. The van der Waals surface area contributed by atoms with Crippen molar-refractivity contribution < 1.29 is 0 Å². The van der Waals surface area contributed by atoms with Gasteiger partial charge in [0.25, 0.3) is 0 Å². The summed E-state index contributed by atoms with van der Waals surface area (Å²) in [5.74, 6) is 0. The zero-order valence-corrected chi connectivity index (χ0v) is 12.5. The van der Waals surface area contributed by atoms with Crippen LogP contribution in [0.5, 0.6) is 0 Å². The molecule has 0 aromatic heterocycles. The topological polar surface area (TPSA) is 12.0 Å². The summed E-state index contributed by atoms with van der Waals surface area (Å²) in [5, 5.41) is 3.49. The molecule has 0 saturated heterocycles. The third kappa shape index (κ3) is 2.75. The summed E-state index contributed by atoms with van der Waals surface area (Å²) in [6, 6.07) is 26.9. The van der Waals surface area contributed by atoms with Crippen LogP contribution >= 0.6 is 15.9 Å². The van der Waals surface area contributed by atoms with Crippen LogP contribution < -0.4 is 5.32 Å². The van der Waals surface area contributed by atoms with E-state index in [4.69, 9.17) is 0 Å². The van der Waals surface area contributed by atoms with E-state index in [1.165, 1.54) is 11.1 Å². The molecule has 0 bridgehead atoms. The van der Waals surface area contributed by atoms with Crippen LogP contribution in [-0.2, 0) is 0 Å². The van der Waals surface area contributed by atoms with Crippen molar-refractivity contribution >= 4 is 27.3 Å². The number of para-hydroxylation sites is 2. The van der Waals surface area contributed by atoms with Gasteiger partial charge >= 0.3 is 0 Å². The maximum atomic E-state index is 3.57. The number of rotatable bonds is 3. The Balaban J connectivity index is 2.01. The molecular weight excluding hydrogens is 310 g/mol. The quantitative estimate of drug-likeness (QED) is 0.636. The van der Waals surface area contributed by atoms with E-state index >= 15 is 0 Å². The minimum atomic E-state index is 1.06. The molecule has 2 heteroatoms. The monoisotopic (exact) mass is 323 g/mol. The Hall–Kier alpha value is -2.06. The summed E-state index contributed by atoms with van der Waals surface area (Å²) in [6.45, 7) is 0. The highest BCUT2D eigenvalue weighted by Crippen LogP contribution is 2.32. The summed E-state index contributed by atoms with van der Waals surface area (Å²) >= 11 is 3.57. The molecule has 3 aromatic rings. The molecule has 0 atom stereocenters. The molecule has 0 heterocycles. The van der Waals surface area contributed by atoms with E-state index in [2.05, 4.69) is 69.8 Å². The molecule has 20 heavy (non-hydrogen) atoms. The number of halogens is 1. The summed E-state index contributed by atoms with van der Waals surface area (Å²) in [7, 11) is 0. The molecule has 1 nitrogen and oxygen atoms in total. The van der Waals surface area contributed by atoms with E-state index in [1.807, 2.05) is 30.3 Å². The van der Waals surface area contributed by atoms with Crippen LogP contribution in [-0.4, -0.2) is 0 Å². The average molecular weight is 324 g/mol. The van der Waals surface area contributed by atoms with Crippen LogP contribution in [0.2, 0.25) is 0 Å². The maximum Gasteiger partial charge on any atom is 0.0528 e. The standard InChI is InChI=1S/C18H14BrN/c19-16-11-5-7-13-18(16)20-17-12-6-4-10-15(17)14-8-2-1-3-9-14/h1-13,20H. The summed E-state index contributed by atoms with van der Waals surface area (Å²) in [5.41, 5.74) is 4.58. The number of hydrogen-bond acceptors (Lipinski definition) is 1. The van der Waals surface area contributed by atoms with E-state index in [-0.39, 0.29) is 0 Å². The Morgan fingerprint density at radius 3 is 1.95 bits per heavy atom. The van der Waals surface area contributed by atoms with Gasteiger partial charge in [0, 0.05) is 15.7 Å². The Morgan fingerprint density at radius 1 is 0.600 bits per heavy atom. The summed E-state index contributed by atoms with van der Waals surface area (Å²) in [6.07, 6.45) is 0. The molecule has 0 saturated carbocycles. The number of nitrogens with one attached hydrogen (secondary N) is 1. The predicted molar refractivity (Wildman–Crippen MR) is 89.3 cm³/mol. The van der Waals surface area contributed by atoms with Gasteiger partial charge in [0.1, 0.15) is 0 Å². The summed E-state index contributed by atoms with van der Waals surface area (Å²) in [4.78, 5) is 0. The van der Waals surface area contributed by atoms with E-state index in [0.717, 1.165) is 15.8 Å². The highest BCUT2D eigenvalue weighted by molar-refractivity contribution is 9.10. The Kier molecular flexibility index (Phi) is 3.84. The first-order valence-corrected chi connectivity index (χ1v) is 7.30. The fourth-order valence-corrected chi connectivity index (χ4v) is 2.55. The first-order valence-electron chi connectivity index (χ1n) is 6.50. The highest BCUT2D eigenvalue weighted by atomic mass is 79.9. The van der Waals surface area contributed by atoms with Gasteiger partial charge in [-0.1, -0.05) is 60.7 Å². The van der Waals surface area contributed by atoms with Gasteiger partial charge in [-0.15, -0.1) is 0 Å². The van der Waals surface area contributed by atoms with Crippen LogP contribution in [0.25, 0.3) is 11.1 Å². The van der Waals surface area contributed by atoms with E-state index < -0.39 is 0 Å². The van der Waals surface area contributed by atoms with Crippen molar-refractivity contribution in [2.45, 2.75) is 0 Å². The SMILES string of the molecule is Brc1ccccc1Nc1ccccc1-c1ccccc1. The normalized spacial score (nSPS) is 10.2. The van der Waals surface area contributed by atoms with Crippen LogP contribution in [0.1, 0.15) is 0 Å². The lowest BCUT2D eigenvalue weighted by Crippen LogP contribution is -1.93. The first-order chi connectivity index (χ1) is 9.84. The van der Waals surface area contributed by atoms with Crippen molar-refractivity contribution in [3.8, 4) is 11.1 Å². The van der Waals surface area contributed by atoms with Crippen molar-refractivity contribution in [1.82, 2.24) is 0 Å². The van der Waals surface area contributed by atoms with Crippen molar-refractivity contribution in [2.75, 3.05) is 5.32 Å². The first kappa shape index (κ1) is 12.9. The molecule has 98 valence electrons. The number of benzene rings is 3. The lowest BCUT2D eigenvalue weighted by Gasteiger charge is -2.13. The van der Waals surface area contributed by atoms with Gasteiger partial charge in [-0.05, 0) is 39.7 Å². The molecule has 0 aliphatic heterocycles. The fraction of sp³-hybridized carbons (Fsp3) is 0. The van der Waals surface area contributed by atoms with Crippen LogP contribution in [0.3, 0.4) is 0 Å². The Bertz CT molecular complexity index is 707. The van der Waals surface area contributed by atoms with Gasteiger partial charge < -0.3 is 5.32 Å². The van der Waals surface area contributed by atoms with Gasteiger partial charge in [-0.25, -0.2) is 0 Å². The number of hydrogen-bond donors (Lipinski definition) is 1. The lowest BCUT2D eigenvalue weighted by molar-refractivity contribution is 1.51. The molecule has 3 aromatic carbocycles. The number of anilines is 2. The van der Waals surface area contributed by atoms with Crippen LogP contribution in [0, 0.1) is 0 Å². The molecule has 0 spiro atoms. The molecular formula is C18H14BrN. The lowest BCUT2D eigenvalue weighted by atomic mass is 10.0. The molecule has 1 N–H and O–H groups in total. The largest absolute Gasteiger partial charge is 0.354 e. The Morgan fingerprint density at radius 2 is 1.20 bits per heavy atom. The van der Waals surface area contributed by atoms with E-state index in [0.29, 0.717) is 0 Å². The van der Waals surface area contributed by atoms with Gasteiger partial charge in [-0.2, -0.15) is 0 Å². The van der Waals surface area contributed by atoms with Gasteiger partial charge in [0.05, 0.1) is 5.69 Å². The average Bonchev–Trinajstić information content (AvgIpc) is 2.51.